The third kappa shape index (κ3) is 4.25. The first-order valence-electron chi connectivity index (χ1n) is 10.4. The molecular weight excluding hydrogens is 410 g/mol. The molecule has 32 heavy (non-hydrogen) atoms. The highest BCUT2D eigenvalue weighted by molar-refractivity contribution is 5.80. The fourth-order valence-corrected chi connectivity index (χ4v) is 3.61. The number of ether oxygens (including phenoxy) is 1. The summed E-state index contributed by atoms with van der Waals surface area (Å²) >= 11 is 0. The molecule has 0 spiro atoms. The molecule has 4 rings (SSSR count). The zero-order valence-electron chi connectivity index (χ0n) is 17.6. The number of benzene rings is 1. The molecule has 0 amide bonds. The van der Waals surface area contributed by atoms with E-state index in [1.807, 2.05) is 19.1 Å². The van der Waals surface area contributed by atoms with Crippen molar-refractivity contribution in [3.05, 3.63) is 81.5 Å². The lowest BCUT2D eigenvalue weighted by Gasteiger charge is -2.24. The largest absolute Gasteiger partial charge is 0.508 e. The van der Waals surface area contributed by atoms with Gasteiger partial charge in [-0.15, -0.1) is 0 Å². The van der Waals surface area contributed by atoms with Gasteiger partial charge < -0.3 is 14.9 Å². The van der Waals surface area contributed by atoms with E-state index in [1.54, 1.807) is 36.7 Å². The van der Waals surface area contributed by atoms with Crippen molar-refractivity contribution in [1.29, 1.82) is 0 Å². The van der Waals surface area contributed by atoms with Crippen LogP contribution in [-0.2, 0) is 17.6 Å². The molecule has 1 aromatic carbocycles. The Morgan fingerprint density at radius 2 is 2.03 bits per heavy atom. The van der Waals surface area contributed by atoms with Crippen LogP contribution in [0.1, 0.15) is 42.6 Å². The van der Waals surface area contributed by atoms with E-state index < -0.39 is 12.1 Å². The van der Waals surface area contributed by atoms with Gasteiger partial charge in [0.05, 0.1) is 5.70 Å². The first-order chi connectivity index (χ1) is 15.5. The zero-order valence-corrected chi connectivity index (χ0v) is 17.6. The predicted molar refractivity (Wildman–Crippen MR) is 119 cm³/mol. The number of nitrogens with zero attached hydrogens (tertiary/aromatic N) is 3. The Morgan fingerprint density at radius 3 is 2.72 bits per heavy atom. The number of aliphatic imine (C=N–C) groups is 1. The van der Waals surface area contributed by atoms with E-state index in [0.717, 1.165) is 12.0 Å². The molecular formula is C24H23N3O5. The van der Waals surface area contributed by atoms with E-state index in [-0.39, 0.29) is 24.2 Å². The summed E-state index contributed by atoms with van der Waals surface area (Å²) < 4.78 is 7.72. The predicted octanol–water partition coefficient (Wildman–Crippen LogP) is 3.46. The standard InChI is InChI=1S/C24H23N3O5/c1-2-4-17-19(28)5-3-6-20(17)32-23(18-11-12-25-18)16-7-9-21-26-13-15(8-10-22(29)30)24(31)27(21)14-16/h3,5-7,9,11-14,23,28H,2,4,8,10H2,1H3,(H,29,30). The summed E-state index contributed by atoms with van der Waals surface area (Å²) in [7, 11) is 0. The molecule has 0 radical (unpaired) electrons. The Kier molecular flexibility index (Phi) is 6.02. The first-order valence-corrected chi connectivity index (χ1v) is 10.4. The van der Waals surface area contributed by atoms with Crippen LogP contribution in [0, 0.1) is 0 Å². The second kappa shape index (κ2) is 9.05. The first kappa shape index (κ1) is 21.3. The number of aromatic hydroxyl groups is 1. The second-order valence-electron chi connectivity index (χ2n) is 7.54. The number of aryl methyl sites for hydroxylation is 1. The van der Waals surface area contributed by atoms with Crippen molar-refractivity contribution in [2.45, 2.75) is 38.7 Å². The molecule has 0 fully saturated rings. The number of carboxylic acids is 1. The Hall–Kier alpha value is -3.94. The van der Waals surface area contributed by atoms with Crippen molar-refractivity contribution in [3.8, 4) is 11.5 Å². The molecule has 1 aliphatic heterocycles. The van der Waals surface area contributed by atoms with Crippen LogP contribution < -0.4 is 10.3 Å². The van der Waals surface area contributed by atoms with E-state index in [9.17, 15) is 14.7 Å². The molecule has 2 N–H and O–H groups in total. The number of carbonyl (C=O) groups is 1. The number of fused-ring (bicyclic) bond motifs is 1. The summed E-state index contributed by atoms with van der Waals surface area (Å²) in [6.45, 7) is 2.02. The maximum absolute atomic E-state index is 12.9. The van der Waals surface area contributed by atoms with Gasteiger partial charge in [-0.3, -0.25) is 19.0 Å². The monoisotopic (exact) mass is 433 g/mol. The highest BCUT2D eigenvalue weighted by Gasteiger charge is 2.24. The van der Waals surface area contributed by atoms with Gasteiger partial charge in [-0.2, -0.15) is 0 Å². The number of carboxylic acid groups (broad SMARTS) is 1. The van der Waals surface area contributed by atoms with E-state index in [0.29, 0.717) is 34.6 Å². The lowest BCUT2D eigenvalue weighted by molar-refractivity contribution is -0.136. The number of allylic oxidation sites excluding steroid dienone is 1. The average Bonchev–Trinajstić information content (AvgIpc) is 2.73. The topological polar surface area (TPSA) is 113 Å². The van der Waals surface area contributed by atoms with Crippen LogP contribution >= 0.6 is 0 Å². The molecule has 164 valence electrons. The molecule has 3 heterocycles. The lowest BCUT2D eigenvalue weighted by Crippen LogP contribution is -2.22. The molecule has 0 saturated carbocycles. The fourth-order valence-electron chi connectivity index (χ4n) is 3.61. The van der Waals surface area contributed by atoms with Gasteiger partial charge in [0.15, 0.2) is 6.10 Å². The molecule has 0 saturated heterocycles. The fraction of sp³-hybridized carbons (Fsp3) is 0.250. The summed E-state index contributed by atoms with van der Waals surface area (Å²) in [6, 6.07) is 8.70. The summed E-state index contributed by atoms with van der Waals surface area (Å²) in [5.74, 6) is -0.239. The maximum Gasteiger partial charge on any atom is 0.303 e. The Bertz CT molecular complexity index is 1290. The number of rotatable bonds is 9. The third-order valence-corrected chi connectivity index (χ3v) is 5.30. The van der Waals surface area contributed by atoms with Gasteiger partial charge in [-0.1, -0.05) is 19.4 Å². The molecule has 1 atom stereocenters. The number of pyridine rings is 1. The molecule has 2 aromatic heterocycles. The number of phenolic OH excluding ortho intramolecular Hbond substituents is 1. The summed E-state index contributed by atoms with van der Waals surface area (Å²) in [5.41, 5.74) is 2.57. The molecule has 3 aromatic rings. The highest BCUT2D eigenvalue weighted by Crippen LogP contribution is 2.36. The van der Waals surface area contributed by atoms with Gasteiger partial charge in [-0.25, -0.2) is 4.98 Å². The number of aromatic nitrogens is 2. The second-order valence-corrected chi connectivity index (χ2v) is 7.54. The molecule has 8 nitrogen and oxygen atoms in total. The van der Waals surface area contributed by atoms with Crippen molar-refractivity contribution in [2.75, 3.05) is 0 Å². The van der Waals surface area contributed by atoms with Crippen molar-refractivity contribution in [2.24, 2.45) is 4.99 Å². The van der Waals surface area contributed by atoms with Crippen molar-refractivity contribution >= 4 is 17.8 Å². The Labute approximate surface area is 184 Å². The smallest absolute Gasteiger partial charge is 0.303 e. The molecule has 0 bridgehead atoms. The Balaban J connectivity index is 1.74. The van der Waals surface area contributed by atoms with Gasteiger partial charge in [0.1, 0.15) is 17.1 Å². The van der Waals surface area contributed by atoms with E-state index >= 15 is 0 Å². The number of hydrogen-bond acceptors (Lipinski definition) is 6. The van der Waals surface area contributed by atoms with E-state index in [1.165, 1.54) is 10.6 Å². The highest BCUT2D eigenvalue weighted by atomic mass is 16.5. The minimum absolute atomic E-state index is 0.105. The third-order valence-electron chi connectivity index (χ3n) is 5.30. The SMILES string of the molecule is CCCc1c(O)cccc1OC(C1=CC=N1)c1ccc2ncc(CCC(=O)O)c(=O)n2c1. The van der Waals surface area contributed by atoms with Crippen LogP contribution in [0.5, 0.6) is 11.5 Å². The minimum Gasteiger partial charge on any atom is -0.508 e. The van der Waals surface area contributed by atoms with Crippen LogP contribution in [0.3, 0.4) is 0 Å². The van der Waals surface area contributed by atoms with Gasteiger partial charge in [-0.05, 0) is 43.2 Å². The number of aliphatic carboxylic acids is 1. The van der Waals surface area contributed by atoms with Crippen molar-refractivity contribution < 1.29 is 19.7 Å². The Morgan fingerprint density at radius 1 is 1.22 bits per heavy atom. The number of phenols is 1. The average molecular weight is 433 g/mol. The van der Waals surface area contributed by atoms with Crippen LogP contribution in [0.25, 0.3) is 5.65 Å². The number of hydrogen-bond donors (Lipinski definition) is 2. The minimum atomic E-state index is -0.972. The van der Waals surface area contributed by atoms with Crippen LogP contribution in [0.4, 0.5) is 0 Å². The van der Waals surface area contributed by atoms with E-state index in [2.05, 4.69) is 9.98 Å². The normalized spacial score (nSPS) is 13.5. The molecule has 1 aliphatic rings. The summed E-state index contributed by atoms with van der Waals surface area (Å²) in [5, 5.41) is 19.2. The molecule has 8 heteroatoms. The maximum atomic E-state index is 12.9. The summed E-state index contributed by atoms with van der Waals surface area (Å²) in [6.07, 6.45) is 7.45. The molecule has 0 aliphatic carbocycles. The quantitative estimate of drug-likeness (QED) is 0.534. The zero-order chi connectivity index (χ0) is 22.7. The van der Waals surface area contributed by atoms with Gasteiger partial charge in [0.25, 0.3) is 5.56 Å². The van der Waals surface area contributed by atoms with Crippen LogP contribution in [0.2, 0.25) is 0 Å². The van der Waals surface area contributed by atoms with Gasteiger partial charge >= 0.3 is 5.97 Å². The van der Waals surface area contributed by atoms with Crippen molar-refractivity contribution in [1.82, 2.24) is 9.38 Å². The lowest BCUT2D eigenvalue weighted by atomic mass is 10.0. The van der Waals surface area contributed by atoms with Crippen LogP contribution in [0.15, 0.2) is 64.3 Å². The van der Waals surface area contributed by atoms with Gasteiger partial charge in [0.2, 0.25) is 0 Å². The van der Waals surface area contributed by atoms with Crippen molar-refractivity contribution in [3.63, 3.8) is 0 Å². The van der Waals surface area contributed by atoms with E-state index in [4.69, 9.17) is 9.84 Å². The van der Waals surface area contributed by atoms with Gasteiger partial charge in [0, 0.05) is 41.7 Å². The van der Waals surface area contributed by atoms with Crippen LogP contribution in [-0.4, -0.2) is 31.8 Å². The summed E-state index contributed by atoms with van der Waals surface area (Å²) in [4.78, 5) is 32.4. The molecule has 1 unspecified atom stereocenters.